The third kappa shape index (κ3) is 10.5. The Labute approximate surface area is 116 Å². The number of nitrogens with zero attached hydrogens (tertiary/aromatic N) is 1. The molecule has 0 spiro atoms. The summed E-state index contributed by atoms with van der Waals surface area (Å²) in [5.74, 6) is -0.272. The molecule has 0 saturated heterocycles. The van der Waals surface area contributed by atoms with Gasteiger partial charge in [-0.3, -0.25) is 9.59 Å². The van der Waals surface area contributed by atoms with Crippen LogP contribution in [0.5, 0.6) is 0 Å². The number of rotatable bonds is 11. The van der Waals surface area contributed by atoms with Gasteiger partial charge in [0.1, 0.15) is 0 Å². The van der Waals surface area contributed by atoms with Crippen molar-refractivity contribution in [2.45, 2.75) is 46.5 Å². The summed E-state index contributed by atoms with van der Waals surface area (Å²) in [5, 5.41) is 0. The minimum absolute atomic E-state index is 0.0159. The maximum Gasteiger partial charge on any atom is 0.307 e. The summed E-state index contributed by atoms with van der Waals surface area (Å²) in [6.45, 7) is 8.27. The fraction of sp³-hybridized carbons (Fsp3) is 0.857. The maximum atomic E-state index is 11.4. The van der Waals surface area contributed by atoms with E-state index in [1.165, 1.54) is 6.92 Å². The van der Waals surface area contributed by atoms with Crippen molar-refractivity contribution in [3.8, 4) is 0 Å². The normalized spacial score (nSPS) is 10.3. The number of ether oxygens (including phenoxy) is 2. The zero-order valence-corrected chi connectivity index (χ0v) is 12.4. The zero-order valence-electron chi connectivity index (χ0n) is 12.4. The third-order valence-electron chi connectivity index (χ3n) is 2.70. The largest absolute Gasteiger partial charge is 0.466 e. The Bertz CT molecular complexity index is 256. The molecule has 19 heavy (non-hydrogen) atoms. The Hall–Kier alpha value is -1.10. The van der Waals surface area contributed by atoms with Crippen LogP contribution in [0.4, 0.5) is 0 Å². The molecule has 5 heteroatoms. The van der Waals surface area contributed by atoms with Crippen LogP contribution in [0.3, 0.4) is 0 Å². The third-order valence-corrected chi connectivity index (χ3v) is 2.70. The summed E-state index contributed by atoms with van der Waals surface area (Å²) in [6, 6.07) is 0. The van der Waals surface area contributed by atoms with Gasteiger partial charge in [-0.15, -0.1) is 0 Å². The van der Waals surface area contributed by atoms with E-state index in [0.29, 0.717) is 26.3 Å². The van der Waals surface area contributed by atoms with Crippen molar-refractivity contribution in [2.24, 2.45) is 0 Å². The molecule has 0 aliphatic heterocycles. The first-order valence-corrected chi connectivity index (χ1v) is 7.10. The highest BCUT2D eigenvalue weighted by Gasteiger charge is 2.11. The molecule has 1 amide bonds. The van der Waals surface area contributed by atoms with Crippen molar-refractivity contribution in [1.82, 2.24) is 4.90 Å². The van der Waals surface area contributed by atoms with Crippen LogP contribution < -0.4 is 0 Å². The molecule has 0 aromatic rings. The topological polar surface area (TPSA) is 55.8 Å². The predicted molar refractivity (Wildman–Crippen MR) is 73.8 cm³/mol. The number of hydrogen-bond donors (Lipinski definition) is 0. The lowest BCUT2D eigenvalue weighted by molar-refractivity contribution is -0.144. The molecular formula is C14H27NO4. The van der Waals surface area contributed by atoms with Crippen molar-refractivity contribution in [3.63, 3.8) is 0 Å². The van der Waals surface area contributed by atoms with Gasteiger partial charge in [0.15, 0.2) is 0 Å². The molecule has 5 nitrogen and oxygen atoms in total. The summed E-state index contributed by atoms with van der Waals surface area (Å²) in [5.41, 5.74) is 0. The summed E-state index contributed by atoms with van der Waals surface area (Å²) < 4.78 is 10.3. The number of carbonyl (C=O) groups excluding carboxylic acids is 2. The zero-order chi connectivity index (χ0) is 14.5. The highest BCUT2D eigenvalue weighted by molar-refractivity contribution is 5.74. The standard InChI is InChI=1S/C14H27NO4/c1-4-6-11-18-12-7-9-15(13(3)16)10-8-14(17)19-5-2/h4-12H2,1-3H3. The van der Waals surface area contributed by atoms with Crippen LogP contribution in [0.25, 0.3) is 0 Å². The Morgan fingerprint density at radius 3 is 2.32 bits per heavy atom. The Kier molecular flexibility index (Phi) is 11.3. The average Bonchev–Trinajstić information content (AvgIpc) is 2.36. The highest BCUT2D eigenvalue weighted by atomic mass is 16.5. The van der Waals surface area contributed by atoms with Gasteiger partial charge in [-0.2, -0.15) is 0 Å². The van der Waals surface area contributed by atoms with E-state index in [1.54, 1.807) is 11.8 Å². The van der Waals surface area contributed by atoms with Crippen molar-refractivity contribution in [1.29, 1.82) is 0 Å². The number of unbranched alkanes of at least 4 members (excludes halogenated alkanes) is 1. The Morgan fingerprint density at radius 2 is 1.74 bits per heavy atom. The van der Waals surface area contributed by atoms with E-state index >= 15 is 0 Å². The molecule has 0 radical (unpaired) electrons. The molecule has 0 rings (SSSR count). The average molecular weight is 273 g/mol. The molecular weight excluding hydrogens is 246 g/mol. The van der Waals surface area contributed by atoms with Crippen LogP contribution in [0.1, 0.15) is 46.5 Å². The van der Waals surface area contributed by atoms with E-state index in [9.17, 15) is 9.59 Å². The minimum Gasteiger partial charge on any atom is -0.466 e. The predicted octanol–water partition coefficient (Wildman–Crippen LogP) is 1.99. The SMILES string of the molecule is CCCCOCCCN(CCC(=O)OCC)C(C)=O. The summed E-state index contributed by atoms with van der Waals surface area (Å²) in [6.07, 6.45) is 3.24. The van der Waals surface area contributed by atoms with Gasteiger partial charge in [0.25, 0.3) is 0 Å². The summed E-state index contributed by atoms with van der Waals surface area (Å²) >= 11 is 0. The highest BCUT2D eigenvalue weighted by Crippen LogP contribution is 1.98. The molecule has 0 atom stereocenters. The molecule has 0 saturated carbocycles. The molecule has 0 aromatic heterocycles. The fourth-order valence-corrected chi connectivity index (χ4v) is 1.59. The van der Waals surface area contributed by atoms with Gasteiger partial charge in [0, 0.05) is 33.2 Å². The van der Waals surface area contributed by atoms with E-state index in [1.807, 2.05) is 0 Å². The second kappa shape index (κ2) is 12.0. The van der Waals surface area contributed by atoms with Gasteiger partial charge < -0.3 is 14.4 Å². The molecule has 0 aliphatic carbocycles. The smallest absolute Gasteiger partial charge is 0.307 e. The first-order valence-electron chi connectivity index (χ1n) is 7.10. The number of carbonyl (C=O) groups is 2. The van der Waals surface area contributed by atoms with Crippen LogP contribution in [0, 0.1) is 0 Å². The lowest BCUT2D eigenvalue weighted by Crippen LogP contribution is -2.32. The first-order chi connectivity index (χ1) is 9.11. The van der Waals surface area contributed by atoms with E-state index in [2.05, 4.69) is 6.92 Å². The minimum atomic E-state index is -0.257. The number of hydrogen-bond acceptors (Lipinski definition) is 4. The van der Waals surface area contributed by atoms with Gasteiger partial charge in [0.05, 0.1) is 13.0 Å². The molecule has 0 bridgehead atoms. The van der Waals surface area contributed by atoms with E-state index in [4.69, 9.17) is 9.47 Å². The number of esters is 1. The van der Waals surface area contributed by atoms with Crippen LogP contribution >= 0.6 is 0 Å². The van der Waals surface area contributed by atoms with Crippen LogP contribution in [-0.4, -0.2) is 49.7 Å². The quantitative estimate of drug-likeness (QED) is 0.427. The lowest BCUT2D eigenvalue weighted by atomic mass is 10.3. The summed E-state index contributed by atoms with van der Waals surface area (Å²) in [7, 11) is 0. The van der Waals surface area contributed by atoms with Crippen molar-refractivity contribution >= 4 is 11.9 Å². The molecule has 112 valence electrons. The second-order valence-corrected chi connectivity index (χ2v) is 4.38. The molecule has 0 unspecified atom stereocenters. The van der Waals surface area contributed by atoms with Crippen LogP contribution in [0.2, 0.25) is 0 Å². The van der Waals surface area contributed by atoms with Crippen molar-refractivity contribution < 1.29 is 19.1 Å². The first kappa shape index (κ1) is 17.9. The van der Waals surface area contributed by atoms with E-state index < -0.39 is 0 Å². The molecule has 0 N–H and O–H groups in total. The van der Waals surface area contributed by atoms with Crippen molar-refractivity contribution in [3.05, 3.63) is 0 Å². The van der Waals surface area contributed by atoms with Crippen LogP contribution in [0.15, 0.2) is 0 Å². The molecule has 0 heterocycles. The van der Waals surface area contributed by atoms with Gasteiger partial charge in [-0.25, -0.2) is 0 Å². The fourth-order valence-electron chi connectivity index (χ4n) is 1.59. The van der Waals surface area contributed by atoms with Gasteiger partial charge >= 0.3 is 5.97 Å². The molecule has 0 aromatic carbocycles. The molecule has 0 aliphatic rings. The lowest BCUT2D eigenvalue weighted by Gasteiger charge is -2.20. The van der Waals surface area contributed by atoms with Crippen molar-refractivity contribution in [2.75, 3.05) is 32.9 Å². The van der Waals surface area contributed by atoms with Crippen LogP contribution in [-0.2, 0) is 19.1 Å². The van der Waals surface area contributed by atoms with E-state index in [-0.39, 0.29) is 18.3 Å². The number of amides is 1. The van der Waals surface area contributed by atoms with E-state index in [0.717, 1.165) is 25.9 Å². The second-order valence-electron chi connectivity index (χ2n) is 4.38. The van der Waals surface area contributed by atoms with Gasteiger partial charge in [-0.05, 0) is 19.8 Å². The summed E-state index contributed by atoms with van der Waals surface area (Å²) in [4.78, 5) is 24.3. The Morgan fingerprint density at radius 1 is 1.05 bits per heavy atom. The molecule has 0 fully saturated rings. The Balaban J connectivity index is 3.74. The maximum absolute atomic E-state index is 11.4. The monoisotopic (exact) mass is 273 g/mol. The van der Waals surface area contributed by atoms with Gasteiger partial charge in [0.2, 0.25) is 5.91 Å². The van der Waals surface area contributed by atoms with Gasteiger partial charge in [-0.1, -0.05) is 13.3 Å².